The number of hydrogen-bond donors (Lipinski definition) is 2. The first-order chi connectivity index (χ1) is 13.0. The molecule has 0 amide bonds. The van der Waals surface area contributed by atoms with Crippen molar-refractivity contribution in [3.8, 4) is 11.5 Å². The number of anilines is 1. The van der Waals surface area contributed by atoms with Crippen molar-refractivity contribution in [1.29, 1.82) is 0 Å². The molecule has 0 saturated heterocycles. The average Bonchev–Trinajstić information content (AvgIpc) is 2.67. The van der Waals surface area contributed by atoms with Gasteiger partial charge in [-0.2, -0.15) is 0 Å². The van der Waals surface area contributed by atoms with Crippen LogP contribution >= 0.6 is 49.9 Å². The molecule has 0 unspecified atom stereocenters. The molecule has 3 aromatic rings. The number of nitrogens with zero attached hydrogens (tertiary/aromatic N) is 1. The summed E-state index contributed by atoms with van der Waals surface area (Å²) in [7, 11) is -3.99. The molecular formula is C19H20Br3N3O3S. The second-order valence-corrected chi connectivity index (χ2v) is 7.83. The molecule has 0 aliphatic rings. The molecule has 0 radical (unpaired) electrons. The zero-order valence-corrected chi connectivity index (χ0v) is 20.9. The maximum Gasteiger partial charge on any atom is 0.241 e. The lowest BCUT2D eigenvalue weighted by Gasteiger charge is -2.17. The van der Waals surface area contributed by atoms with Gasteiger partial charge in [-0.1, -0.05) is 40.2 Å². The number of para-hydroxylation sites is 1. The maximum absolute atomic E-state index is 12.2. The molecule has 1 heterocycles. The summed E-state index contributed by atoms with van der Waals surface area (Å²) in [5, 5.41) is 9.13. The van der Waals surface area contributed by atoms with Crippen LogP contribution in [0, 0.1) is 0 Å². The molecule has 29 heavy (non-hydrogen) atoms. The Morgan fingerprint density at radius 1 is 1.03 bits per heavy atom. The summed E-state index contributed by atoms with van der Waals surface area (Å²) in [6, 6.07) is 17.9. The van der Waals surface area contributed by atoms with Crippen LogP contribution in [0.15, 0.2) is 71.8 Å². The van der Waals surface area contributed by atoms with Gasteiger partial charge in [0.1, 0.15) is 10.6 Å². The van der Waals surface area contributed by atoms with Gasteiger partial charge in [-0.15, -0.1) is 34.0 Å². The van der Waals surface area contributed by atoms with Crippen LogP contribution in [0.4, 0.5) is 5.69 Å². The highest BCUT2D eigenvalue weighted by atomic mass is 79.9. The standard InChI is InChI=1S/C19H18BrN3O3S.2BrH/c20-12-14-10-17(23-13-15-6-4-5-9-22-15)19(18(11-14)27(21,24)25)26-16-7-2-1-3-8-16;;/h1-11,23H,12-13H2,(H2,21,24,25);2*1H. The van der Waals surface area contributed by atoms with Crippen LogP contribution in [0.2, 0.25) is 0 Å². The Kier molecular flexibility index (Phi) is 10.3. The monoisotopic (exact) mass is 607 g/mol. The molecule has 6 nitrogen and oxygen atoms in total. The van der Waals surface area contributed by atoms with Crippen molar-refractivity contribution in [2.75, 3.05) is 5.32 Å². The quantitative estimate of drug-likeness (QED) is 0.360. The van der Waals surface area contributed by atoms with Crippen molar-refractivity contribution in [3.63, 3.8) is 0 Å². The van der Waals surface area contributed by atoms with E-state index >= 15 is 0 Å². The van der Waals surface area contributed by atoms with Crippen LogP contribution in [0.1, 0.15) is 11.3 Å². The largest absolute Gasteiger partial charge is 0.454 e. The fourth-order valence-electron chi connectivity index (χ4n) is 2.48. The highest BCUT2D eigenvalue weighted by Crippen LogP contribution is 2.37. The fraction of sp³-hybridized carbons (Fsp3) is 0.105. The summed E-state index contributed by atoms with van der Waals surface area (Å²) < 4.78 is 30.3. The van der Waals surface area contributed by atoms with E-state index in [1.165, 1.54) is 6.07 Å². The van der Waals surface area contributed by atoms with Crippen LogP contribution in [-0.4, -0.2) is 13.4 Å². The number of sulfonamides is 1. The van der Waals surface area contributed by atoms with Gasteiger partial charge in [0, 0.05) is 11.5 Å². The third-order valence-corrected chi connectivity index (χ3v) is 5.29. The minimum atomic E-state index is -3.99. The van der Waals surface area contributed by atoms with E-state index in [0.29, 0.717) is 23.3 Å². The molecule has 0 aliphatic heterocycles. The zero-order valence-electron chi connectivity index (χ0n) is 15.1. The predicted molar refractivity (Wildman–Crippen MR) is 129 cm³/mol. The summed E-state index contributed by atoms with van der Waals surface area (Å²) in [5.74, 6) is 0.666. The molecule has 3 rings (SSSR count). The van der Waals surface area contributed by atoms with E-state index in [1.807, 2.05) is 30.3 Å². The van der Waals surface area contributed by atoms with Crippen molar-refractivity contribution in [1.82, 2.24) is 4.98 Å². The van der Waals surface area contributed by atoms with Crippen molar-refractivity contribution in [2.24, 2.45) is 5.14 Å². The number of benzene rings is 2. The Morgan fingerprint density at radius 3 is 2.31 bits per heavy atom. The van der Waals surface area contributed by atoms with Gasteiger partial charge in [0.25, 0.3) is 0 Å². The Balaban J connectivity index is 0.00000210. The molecule has 0 bridgehead atoms. The van der Waals surface area contributed by atoms with Crippen molar-refractivity contribution in [3.05, 3.63) is 78.1 Å². The minimum absolute atomic E-state index is 0. The molecule has 0 aliphatic carbocycles. The first kappa shape index (κ1) is 25.6. The lowest BCUT2D eigenvalue weighted by atomic mass is 10.2. The molecule has 10 heteroatoms. The first-order valence-electron chi connectivity index (χ1n) is 8.10. The Labute approximate surface area is 199 Å². The molecule has 0 saturated carbocycles. The first-order valence-corrected chi connectivity index (χ1v) is 10.8. The zero-order chi connectivity index (χ0) is 19.3. The third-order valence-electron chi connectivity index (χ3n) is 3.72. The average molecular weight is 610 g/mol. The Morgan fingerprint density at radius 2 is 1.72 bits per heavy atom. The van der Waals surface area contributed by atoms with E-state index in [4.69, 9.17) is 9.88 Å². The lowest BCUT2D eigenvalue weighted by Crippen LogP contribution is -2.15. The summed E-state index contributed by atoms with van der Waals surface area (Å²) in [4.78, 5) is 4.19. The van der Waals surface area contributed by atoms with Gasteiger partial charge in [0.15, 0.2) is 5.75 Å². The number of ether oxygens (including phenoxy) is 1. The maximum atomic E-state index is 12.2. The lowest BCUT2D eigenvalue weighted by molar-refractivity contribution is 0.469. The van der Waals surface area contributed by atoms with Gasteiger partial charge in [0.2, 0.25) is 10.0 Å². The summed E-state index contributed by atoms with van der Waals surface area (Å²) in [5.41, 5.74) is 2.08. The van der Waals surface area contributed by atoms with E-state index in [1.54, 1.807) is 30.5 Å². The van der Waals surface area contributed by atoms with E-state index in [-0.39, 0.29) is 44.6 Å². The van der Waals surface area contributed by atoms with Gasteiger partial charge < -0.3 is 10.1 Å². The number of primary sulfonamides is 1. The van der Waals surface area contributed by atoms with Gasteiger partial charge in [0.05, 0.1) is 17.9 Å². The van der Waals surface area contributed by atoms with Gasteiger partial charge in [-0.3, -0.25) is 4.98 Å². The highest BCUT2D eigenvalue weighted by molar-refractivity contribution is 9.08. The highest BCUT2D eigenvalue weighted by Gasteiger charge is 2.21. The van der Waals surface area contributed by atoms with Gasteiger partial charge >= 0.3 is 0 Å². The number of pyridine rings is 1. The van der Waals surface area contributed by atoms with E-state index in [2.05, 4.69) is 26.2 Å². The van der Waals surface area contributed by atoms with Crippen molar-refractivity contribution in [2.45, 2.75) is 16.8 Å². The normalized spacial score (nSPS) is 10.4. The minimum Gasteiger partial charge on any atom is -0.454 e. The summed E-state index contributed by atoms with van der Waals surface area (Å²) in [6.45, 7) is 0.405. The Bertz CT molecular complexity index is 1020. The van der Waals surface area contributed by atoms with Gasteiger partial charge in [-0.25, -0.2) is 13.6 Å². The number of hydrogen-bond acceptors (Lipinski definition) is 5. The van der Waals surface area contributed by atoms with Crippen LogP contribution in [0.25, 0.3) is 0 Å². The number of rotatable bonds is 7. The summed E-state index contributed by atoms with van der Waals surface area (Å²) in [6.07, 6.45) is 1.70. The van der Waals surface area contributed by atoms with E-state index in [9.17, 15) is 8.42 Å². The van der Waals surface area contributed by atoms with Crippen LogP contribution in [0.5, 0.6) is 11.5 Å². The smallest absolute Gasteiger partial charge is 0.241 e. The second kappa shape index (κ2) is 11.7. The molecule has 2 aromatic carbocycles. The number of nitrogens with two attached hydrogens (primary N) is 1. The third kappa shape index (κ3) is 7.07. The second-order valence-electron chi connectivity index (χ2n) is 5.74. The number of nitrogens with one attached hydrogen (secondary N) is 1. The molecule has 1 aromatic heterocycles. The SMILES string of the molecule is Br.Br.NS(=O)(=O)c1cc(CBr)cc(NCc2ccccn2)c1Oc1ccccc1. The number of halogens is 3. The van der Waals surface area contributed by atoms with E-state index < -0.39 is 10.0 Å². The molecule has 156 valence electrons. The Hall–Kier alpha value is -1.46. The fourth-order valence-corrected chi connectivity index (χ4v) is 3.53. The predicted octanol–water partition coefficient (Wildman–Crippen LogP) is 5.18. The van der Waals surface area contributed by atoms with Crippen LogP contribution in [-0.2, 0) is 21.9 Å². The molecular weight excluding hydrogens is 590 g/mol. The molecule has 0 spiro atoms. The van der Waals surface area contributed by atoms with Crippen molar-refractivity contribution >= 4 is 65.6 Å². The molecule has 0 fully saturated rings. The molecule has 0 atom stereocenters. The van der Waals surface area contributed by atoms with Crippen molar-refractivity contribution < 1.29 is 13.2 Å². The van der Waals surface area contributed by atoms with E-state index in [0.717, 1.165) is 11.3 Å². The topological polar surface area (TPSA) is 94.3 Å². The van der Waals surface area contributed by atoms with Gasteiger partial charge in [-0.05, 0) is 42.0 Å². The molecule has 3 N–H and O–H groups in total. The van der Waals surface area contributed by atoms with Crippen LogP contribution < -0.4 is 15.2 Å². The summed E-state index contributed by atoms with van der Waals surface area (Å²) >= 11 is 3.36. The number of aromatic nitrogens is 1. The number of alkyl halides is 1. The van der Waals surface area contributed by atoms with Crippen LogP contribution in [0.3, 0.4) is 0 Å².